The third kappa shape index (κ3) is 2.78. The van der Waals surface area contributed by atoms with Crippen LogP contribution in [0, 0.1) is 0 Å². The molecule has 0 saturated heterocycles. The zero-order valence-corrected chi connectivity index (χ0v) is 12.3. The Morgan fingerprint density at radius 3 is 2.63 bits per heavy atom. The van der Waals surface area contributed by atoms with Crippen molar-refractivity contribution in [3.8, 4) is 0 Å². The van der Waals surface area contributed by atoms with Crippen molar-refractivity contribution in [1.82, 2.24) is 9.29 Å². The van der Waals surface area contributed by atoms with Crippen molar-refractivity contribution in [2.75, 3.05) is 12.8 Å². The molecule has 2 rings (SSSR count). The molecule has 2 aromatic heterocycles. The van der Waals surface area contributed by atoms with E-state index in [0.717, 1.165) is 4.88 Å². The van der Waals surface area contributed by atoms with Gasteiger partial charge in [0.1, 0.15) is 10.7 Å². The monoisotopic (exact) mass is 297 g/mol. The van der Waals surface area contributed by atoms with Crippen molar-refractivity contribution in [3.05, 3.63) is 40.7 Å². The van der Waals surface area contributed by atoms with Gasteiger partial charge in [-0.2, -0.15) is 4.31 Å². The number of nitrogens with two attached hydrogens (primary N) is 1. The van der Waals surface area contributed by atoms with Crippen LogP contribution in [0.4, 0.5) is 5.82 Å². The second-order valence-electron chi connectivity index (χ2n) is 4.13. The van der Waals surface area contributed by atoms with E-state index in [1.54, 1.807) is 7.05 Å². The Kier molecular flexibility index (Phi) is 3.88. The Bertz CT molecular complexity index is 636. The summed E-state index contributed by atoms with van der Waals surface area (Å²) in [6.07, 6.45) is 1.28. The summed E-state index contributed by atoms with van der Waals surface area (Å²) in [7, 11) is -1.99. The maximum Gasteiger partial charge on any atom is 0.244 e. The smallest absolute Gasteiger partial charge is 0.244 e. The Morgan fingerprint density at radius 2 is 2.11 bits per heavy atom. The van der Waals surface area contributed by atoms with Crippen LogP contribution in [0.25, 0.3) is 0 Å². The van der Waals surface area contributed by atoms with Crippen LogP contribution in [0.1, 0.15) is 17.8 Å². The lowest BCUT2D eigenvalue weighted by Crippen LogP contribution is -2.29. The lowest BCUT2D eigenvalue weighted by Gasteiger charge is -2.23. The molecule has 0 radical (unpaired) electrons. The average molecular weight is 297 g/mol. The van der Waals surface area contributed by atoms with Gasteiger partial charge in [-0.3, -0.25) is 0 Å². The summed E-state index contributed by atoms with van der Waals surface area (Å²) in [5.74, 6) is 0.299. The van der Waals surface area contributed by atoms with Crippen LogP contribution < -0.4 is 5.73 Å². The van der Waals surface area contributed by atoms with Crippen LogP contribution in [0.5, 0.6) is 0 Å². The number of aromatic nitrogens is 1. The number of nitrogens with zero attached hydrogens (tertiary/aromatic N) is 2. The van der Waals surface area contributed by atoms with Gasteiger partial charge >= 0.3 is 0 Å². The largest absolute Gasteiger partial charge is 0.384 e. The minimum atomic E-state index is -3.56. The lowest BCUT2D eigenvalue weighted by molar-refractivity contribution is 0.402. The number of sulfonamides is 1. The van der Waals surface area contributed by atoms with E-state index in [2.05, 4.69) is 4.98 Å². The predicted molar refractivity (Wildman–Crippen MR) is 76.3 cm³/mol. The zero-order chi connectivity index (χ0) is 14.0. The van der Waals surface area contributed by atoms with Crippen molar-refractivity contribution in [3.63, 3.8) is 0 Å². The Labute approximate surface area is 116 Å². The van der Waals surface area contributed by atoms with Crippen LogP contribution in [-0.2, 0) is 10.0 Å². The number of hydrogen-bond donors (Lipinski definition) is 1. The summed E-state index contributed by atoms with van der Waals surface area (Å²) >= 11 is 1.53. The molecule has 0 spiro atoms. The molecule has 0 amide bonds. The zero-order valence-electron chi connectivity index (χ0n) is 10.6. The van der Waals surface area contributed by atoms with Gasteiger partial charge in [0.05, 0.1) is 6.04 Å². The highest BCUT2D eigenvalue weighted by Gasteiger charge is 2.26. The molecule has 5 nitrogen and oxygen atoms in total. The number of hydrogen-bond acceptors (Lipinski definition) is 5. The van der Waals surface area contributed by atoms with Crippen molar-refractivity contribution < 1.29 is 8.42 Å². The molecule has 0 aromatic carbocycles. The Hall–Kier alpha value is -1.44. The van der Waals surface area contributed by atoms with Gasteiger partial charge in [-0.15, -0.1) is 11.3 Å². The van der Waals surface area contributed by atoms with Crippen molar-refractivity contribution in [2.24, 2.45) is 0 Å². The molecule has 0 aliphatic rings. The third-order valence-corrected chi connectivity index (χ3v) is 5.89. The van der Waals surface area contributed by atoms with Gasteiger partial charge in [0.2, 0.25) is 10.0 Å². The Balaban J connectivity index is 2.31. The number of nitrogen functional groups attached to an aromatic ring is 1. The summed E-state index contributed by atoms with van der Waals surface area (Å²) in [5, 5.41) is 1.93. The molecule has 2 aromatic rings. The normalized spacial score (nSPS) is 13.6. The molecular weight excluding hydrogens is 282 g/mol. The first-order valence-electron chi connectivity index (χ1n) is 5.66. The highest BCUT2D eigenvalue weighted by atomic mass is 32.2. The molecule has 19 heavy (non-hydrogen) atoms. The second-order valence-corrected chi connectivity index (χ2v) is 7.11. The second kappa shape index (κ2) is 5.28. The van der Waals surface area contributed by atoms with E-state index in [1.165, 1.54) is 34.0 Å². The fourth-order valence-corrected chi connectivity index (χ4v) is 3.81. The molecule has 2 heterocycles. The highest BCUT2D eigenvalue weighted by Crippen LogP contribution is 2.28. The number of thiophene rings is 1. The van der Waals surface area contributed by atoms with Gasteiger partial charge in [-0.05, 0) is 30.5 Å². The summed E-state index contributed by atoms with van der Waals surface area (Å²) in [6.45, 7) is 1.86. The maximum atomic E-state index is 12.4. The van der Waals surface area contributed by atoms with Crippen molar-refractivity contribution in [1.29, 1.82) is 0 Å². The molecule has 2 N–H and O–H groups in total. The SMILES string of the molecule is CC(c1cccs1)N(C)S(=O)(=O)c1ccc(N)nc1. The fraction of sp³-hybridized carbons (Fsp3) is 0.250. The number of pyridine rings is 1. The molecule has 0 saturated carbocycles. The van der Waals surface area contributed by atoms with Gasteiger partial charge in [0.25, 0.3) is 0 Å². The van der Waals surface area contributed by atoms with Crippen LogP contribution in [0.15, 0.2) is 40.7 Å². The maximum absolute atomic E-state index is 12.4. The van der Waals surface area contributed by atoms with E-state index in [-0.39, 0.29) is 10.9 Å². The minimum absolute atomic E-state index is 0.146. The van der Waals surface area contributed by atoms with Crippen molar-refractivity contribution in [2.45, 2.75) is 17.9 Å². The van der Waals surface area contributed by atoms with E-state index in [1.807, 2.05) is 24.4 Å². The molecule has 1 unspecified atom stereocenters. The summed E-state index contributed by atoms with van der Waals surface area (Å²) in [4.78, 5) is 4.97. The van der Waals surface area contributed by atoms with Crippen LogP contribution in [0.3, 0.4) is 0 Å². The first-order valence-corrected chi connectivity index (χ1v) is 7.98. The van der Waals surface area contributed by atoms with Gasteiger partial charge in [-0.25, -0.2) is 13.4 Å². The number of anilines is 1. The Morgan fingerprint density at radius 1 is 1.37 bits per heavy atom. The van der Waals surface area contributed by atoms with Crippen LogP contribution in [0.2, 0.25) is 0 Å². The summed E-state index contributed by atoms with van der Waals surface area (Å²) in [5.41, 5.74) is 5.47. The lowest BCUT2D eigenvalue weighted by atomic mass is 10.3. The average Bonchev–Trinajstić information content (AvgIpc) is 2.91. The molecule has 1 atom stereocenters. The molecule has 0 bridgehead atoms. The first kappa shape index (κ1) is 14.0. The van der Waals surface area contributed by atoms with E-state index >= 15 is 0 Å². The van der Waals surface area contributed by atoms with E-state index in [4.69, 9.17) is 5.73 Å². The molecule has 0 fully saturated rings. The van der Waals surface area contributed by atoms with E-state index in [0.29, 0.717) is 5.82 Å². The van der Waals surface area contributed by atoms with Gasteiger partial charge in [0, 0.05) is 18.1 Å². The van der Waals surface area contributed by atoms with Crippen LogP contribution in [-0.4, -0.2) is 24.8 Å². The van der Waals surface area contributed by atoms with Gasteiger partial charge < -0.3 is 5.73 Å². The van der Waals surface area contributed by atoms with E-state index < -0.39 is 10.0 Å². The standard InChI is InChI=1S/C12H15N3O2S2/c1-9(11-4-3-7-18-11)15(2)19(16,17)10-5-6-12(13)14-8-10/h3-9H,1-2H3,(H2,13,14). The fourth-order valence-electron chi connectivity index (χ4n) is 1.63. The predicted octanol–water partition coefficient (Wildman–Crippen LogP) is 2.11. The van der Waals surface area contributed by atoms with Crippen LogP contribution >= 0.6 is 11.3 Å². The molecule has 7 heteroatoms. The topological polar surface area (TPSA) is 76.3 Å². The minimum Gasteiger partial charge on any atom is -0.384 e. The number of rotatable bonds is 4. The van der Waals surface area contributed by atoms with Crippen molar-refractivity contribution >= 4 is 27.2 Å². The van der Waals surface area contributed by atoms with Gasteiger partial charge in [-0.1, -0.05) is 6.07 Å². The summed E-state index contributed by atoms with van der Waals surface area (Å²) < 4.78 is 26.2. The van der Waals surface area contributed by atoms with Gasteiger partial charge in [0.15, 0.2) is 0 Å². The molecule has 102 valence electrons. The molecular formula is C12H15N3O2S2. The first-order chi connectivity index (χ1) is 8.93. The highest BCUT2D eigenvalue weighted by molar-refractivity contribution is 7.89. The third-order valence-electron chi connectivity index (χ3n) is 2.94. The van der Waals surface area contributed by atoms with E-state index in [9.17, 15) is 8.42 Å². The molecule has 0 aliphatic carbocycles. The molecule has 0 aliphatic heterocycles. The quantitative estimate of drug-likeness (QED) is 0.937. The summed E-state index contributed by atoms with van der Waals surface area (Å²) in [6, 6.07) is 6.55.